The van der Waals surface area contributed by atoms with Crippen molar-refractivity contribution in [3.8, 4) is 46.0 Å². The van der Waals surface area contributed by atoms with Gasteiger partial charge in [0.1, 0.15) is 59.3 Å². The van der Waals surface area contributed by atoms with E-state index in [1.54, 1.807) is 79.7 Å². The topological polar surface area (TPSA) is 261 Å². The number of nitrogens with zero attached hydrogens (tertiary/aromatic N) is 6. The van der Waals surface area contributed by atoms with Gasteiger partial charge in [0.2, 0.25) is 0 Å². The Morgan fingerprint density at radius 3 is 0.774 bits per heavy atom. The lowest BCUT2D eigenvalue weighted by Crippen LogP contribution is -2.43. The molecular formula is C71H48N6O16. The molecule has 0 N–H and O–H groups in total. The van der Waals surface area contributed by atoms with Gasteiger partial charge in [0.25, 0.3) is 70.9 Å². The Kier molecular flexibility index (Phi) is 15.3. The summed E-state index contributed by atoms with van der Waals surface area (Å²) in [4.78, 5) is 154. The second kappa shape index (κ2) is 24.0. The Labute approximate surface area is 528 Å². The van der Waals surface area contributed by atoms with Gasteiger partial charge >= 0.3 is 0 Å². The number of hydrogen-bond acceptors (Lipinski definition) is 16. The lowest BCUT2D eigenvalue weighted by molar-refractivity contribution is -0.139. The molecule has 0 radical (unpaired) electrons. The predicted molar refractivity (Wildman–Crippen MR) is 328 cm³/mol. The first-order valence-electron chi connectivity index (χ1n) is 29.0. The summed E-state index contributed by atoms with van der Waals surface area (Å²) in [5.74, 6) is -2.16. The number of imide groups is 6. The first kappa shape index (κ1) is 59.3. The van der Waals surface area contributed by atoms with Crippen molar-refractivity contribution >= 4 is 70.9 Å². The van der Waals surface area contributed by atoms with Crippen molar-refractivity contribution in [2.75, 3.05) is 26.9 Å². The number of benzene rings is 8. The molecular weight excluding hydrogens is 1190 g/mol. The molecule has 8 aromatic rings. The summed E-state index contributed by atoms with van der Waals surface area (Å²) in [6.45, 7) is 1.16. The monoisotopic (exact) mass is 1240 g/mol. The van der Waals surface area contributed by atoms with E-state index in [0.29, 0.717) is 87.6 Å². The van der Waals surface area contributed by atoms with E-state index in [-0.39, 0.29) is 45.9 Å². The zero-order chi connectivity index (χ0) is 64.9. The van der Waals surface area contributed by atoms with Crippen molar-refractivity contribution in [2.24, 2.45) is 0 Å². The van der Waals surface area contributed by atoms with Gasteiger partial charge in [-0.25, -0.2) is 0 Å². The predicted octanol–water partition coefficient (Wildman–Crippen LogP) is 9.52. The molecule has 0 saturated carbocycles. The number of hydrogen-bond donors (Lipinski definition) is 0. The number of amides is 12. The number of carbonyl (C=O) groups excluding carboxylic acids is 12. The summed E-state index contributed by atoms with van der Waals surface area (Å²) in [6, 6.07) is 48.8. The first-order valence-corrected chi connectivity index (χ1v) is 29.0. The molecule has 14 rings (SSSR count). The molecule has 0 atom stereocenters. The molecule has 6 aliphatic heterocycles. The van der Waals surface area contributed by atoms with Gasteiger partial charge in [0.05, 0.1) is 44.5 Å². The Balaban J connectivity index is 0.000000169. The third-order valence-electron chi connectivity index (χ3n) is 16.0. The number of carbonyl (C=O) groups is 12. The van der Waals surface area contributed by atoms with Gasteiger partial charge in [-0.3, -0.25) is 86.9 Å². The molecule has 0 bridgehead atoms. The molecule has 0 saturated heterocycles. The minimum absolute atomic E-state index is 0.131. The second-order valence-electron chi connectivity index (χ2n) is 21.9. The molecule has 0 aromatic heterocycles. The van der Waals surface area contributed by atoms with Crippen LogP contribution in [0.2, 0.25) is 0 Å². The third kappa shape index (κ3) is 11.5. The van der Waals surface area contributed by atoms with Gasteiger partial charge < -0.3 is 18.9 Å². The van der Waals surface area contributed by atoms with Crippen LogP contribution in [0.5, 0.6) is 46.0 Å². The highest BCUT2D eigenvalue weighted by Gasteiger charge is 2.42. The summed E-state index contributed by atoms with van der Waals surface area (Å²) in [7, 11) is 1.45. The largest absolute Gasteiger partial charge is 0.457 e. The van der Waals surface area contributed by atoms with E-state index in [9.17, 15) is 57.5 Å². The summed E-state index contributed by atoms with van der Waals surface area (Å²) in [5, 5.41) is 0. The molecule has 6 aliphatic rings. The normalized spacial score (nSPS) is 15.2. The Hall–Kier alpha value is -12.7. The van der Waals surface area contributed by atoms with E-state index in [1.165, 1.54) is 36.2 Å². The van der Waals surface area contributed by atoms with Crippen LogP contribution in [-0.4, -0.2) is 127 Å². The summed E-state index contributed by atoms with van der Waals surface area (Å²) in [6.07, 6.45) is 5.66. The highest BCUT2D eigenvalue weighted by molar-refractivity contribution is 6.24. The lowest BCUT2D eigenvalue weighted by atomic mass is 10.0. The van der Waals surface area contributed by atoms with Crippen LogP contribution >= 0.6 is 0 Å². The number of rotatable bonds is 17. The van der Waals surface area contributed by atoms with E-state index in [0.717, 1.165) is 71.1 Å². The minimum atomic E-state index is -0.614. The fourth-order valence-electron chi connectivity index (χ4n) is 11.1. The maximum atomic E-state index is 13.0. The van der Waals surface area contributed by atoms with Crippen molar-refractivity contribution in [1.29, 1.82) is 0 Å². The zero-order valence-electron chi connectivity index (χ0n) is 49.2. The molecule has 0 aliphatic carbocycles. The van der Waals surface area contributed by atoms with Crippen molar-refractivity contribution in [2.45, 2.75) is 19.8 Å². The number of fused-ring (bicyclic) bond motifs is 4. The average molecular weight is 1240 g/mol. The van der Waals surface area contributed by atoms with Crippen molar-refractivity contribution < 1.29 is 76.5 Å². The summed E-state index contributed by atoms with van der Waals surface area (Å²) < 4.78 is 23.8. The van der Waals surface area contributed by atoms with E-state index < -0.39 is 60.6 Å². The van der Waals surface area contributed by atoms with Gasteiger partial charge in [-0.2, -0.15) is 0 Å². The minimum Gasteiger partial charge on any atom is -0.457 e. The van der Waals surface area contributed by atoms with Crippen molar-refractivity contribution in [1.82, 2.24) is 29.4 Å². The molecule has 22 heteroatoms. The molecule has 93 heavy (non-hydrogen) atoms. The Morgan fingerprint density at radius 2 is 0.484 bits per heavy atom. The van der Waals surface area contributed by atoms with Crippen LogP contribution in [0.4, 0.5) is 0 Å². The Bertz CT molecular complexity index is 4640. The average Bonchev–Trinajstić information content (AvgIpc) is 1.66. The van der Waals surface area contributed by atoms with Gasteiger partial charge in [-0.05, 0) is 163 Å². The molecule has 22 nitrogen and oxygen atoms in total. The van der Waals surface area contributed by atoms with Crippen LogP contribution in [0.3, 0.4) is 0 Å². The van der Waals surface area contributed by atoms with E-state index in [2.05, 4.69) is 0 Å². The van der Waals surface area contributed by atoms with E-state index >= 15 is 0 Å². The Morgan fingerprint density at radius 1 is 0.258 bits per heavy atom. The maximum absolute atomic E-state index is 13.0. The van der Waals surface area contributed by atoms with E-state index in [4.69, 9.17) is 18.9 Å². The molecule has 12 amide bonds. The van der Waals surface area contributed by atoms with Crippen molar-refractivity contribution in [3.63, 3.8) is 0 Å². The van der Waals surface area contributed by atoms with Gasteiger partial charge in [0, 0.05) is 37.9 Å². The second-order valence-corrected chi connectivity index (χ2v) is 21.9. The first-order chi connectivity index (χ1) is 44.8. The van der Waals surface area contributed by atoms with E-state index in [1.807, 2.05) is 72.8 Å². The van der Waals surface area contributed by atoms with Gasteiger partial charge in [0.15, 0.2) is 0 Å². The standard InChI is InChI=1S/C36H25N3O8.C35H23N3O8/c1-2-37-33(42)27-13-11-25(18-29(27)35(37)44)46-23-7-3-21(4-8-23)17-22-5-9-24(10-6-22)47-26-12-14-28-30(19-26)36(45)39(34(28)43)20-38-31(40)15-16-32(38)41;1-36-32(41)26-12-10-24(17-28(26)33(36)42)45-22-6-2-20(3-7-22)16-21-4-8-23(9-5-21)46-25-11-13-27-29(18-25)35(44)38(34(27)43)19-37-30(39)14-15-31(37)40/h3-16,18-19H,2,17,20H2,1H3;2-15,17-18H,16,19H2,1H3. The van der Waals surface area contributed by atoms with Gasteiger partial charge in [-0.1, -0.05) is 48.5 Å². The number of ether oxygens (including phenoxy) is 4. The van der Waals surface area contributed by atoms with Crippen LogP contribution in [0, 0.1) is 0 Å². The van der Waals surface area contributed by atoms with Crippen LogP contribution in [0.1, 0.15) is 112 Å². The molecule has 6 heterocycles. The van der Waals surface area contributed by atoms with Crippen LogP contribution in [-0.2, 0) is 32.0 Å². The van der Waals surface area contributed by atoms with Crippen LogP contribution < -0.4 is 18.9 Å². The lowest BCUT2D eigenvalue weighted by Gasteiger charge is -2.20. The molecule has 0 unspecified atom stereocenters. The smallest absolute Gasteiger partial charge is 0.263 e. The maximum Gasteiger partial charge on any atom is 0.263 e. The van der Waals surface area contributed by atoms with Crippen LogP contribution in [0.15, 0.2) is 194 Å². The highest BCUT2D eigenvalue weighted by atomic mass is 16.5. The SMILES string of the molecule is CCN1C(=O)c2ccc(Oc3ccc(Cc4ccc(Oc5ccc6c(c5)C(=O)N(CN5C(=O)C=CC5=O)C6=O)cc4)cc3)cc2C1=O.CN1C(=O)c2ccc(Oc3ccc(Cc4ccc(Oc5ccc6c(c5)C(=O)N(CN5C(=O)C=CC5=O)C6=O)cc4)cc3)cc2C1=O. The zero-order valence-corrected chi connectivity index (χ0v) is 49.2. The summed E-state index contributed by atoms with van der Waals surface area (Å²) >= 11 is 0. The molecule has 8 aromatic carbocycles. The third-order valence-corrected chi connectivity index (χ3v) is 16.0. The van der Waals surface area contributed by atoms with Crippen molar-refractivity contribution in [3.05, 3.63) is 261 Å². The fraction of sp³-hybridized carbons (Fsp3) is 0.0986. The summed E-state index contributed by atoms with van der Waals surface area (Å²) in [5.41, 5.74) is 6.14. The van der Waals surface area contributed by atoms with Gasteiger partial charge in [-0.15, -0.1) is 0 Å². The molecule has 0 fully saturated rings. The highest BCUT2D eigenvalue weighted by Crippen LogP contribution is 2.35. The van der Waals surface area contributed by atoms with Crippen LogP contribution in [0.25, 0.3) is 0 Å². The molecule has 458 valence electrons. The fourth-order valence-corrected chi connectivity index (χ4v) is 11.1. The molecule has 0 spiro atoms. The quantitative estimate of drug-likeness (QED) is 0.0768.